The predicted molar refractivity (Wildman–Crippen MR) is 104 cm³/mol. The zero-order valence-electron chi connectivity index (χ0n) is 16.2. The fourth-order valence-electron chi connectivity index (χ4n) is 4.37. The number of hydrogen-bond acceptors (Lipinski definition) is 3. The monoisotopic (exact) mass is 326 g/mol. The fraction of sp³-hybridized carbons (Fsp3) is 0.571. The molecule has 0 bridgehead atoms. The van der Waals surface area contributed by atoms with Gasteiger partial charge in [-0.25, -0.2) is 4.99 Å². The van der Waals surface area contributed by atoms with Gasteiger partial charge in [0.05, 0.1) is 5.69 Å². The Labute approximate surface area is 145 Å². The van der Waals surface area contributed by atoms with Crippen LogP contribution in [0.1, 0.15) is 60.5 Å². The molecule has 0 saturated carbocycles. The average molecular weight is 326 g/mol. The third-order valence-electron chi connectivity index (χ3n) is 4.97. The van der Waals surface area contributed by atoms with Gasteiger partial charge in [0.1, 0.15) is 0 Å². The van der Waals surface area contributed by atoms with E-state index >= 15 is 0 Å². The summed E-state index contributed by atoms with van der Waals surface area (Å²) in [6.07, 6.45) is 2.11. The third kappa shape index (κ3) is 2.85. The number of furan rings is 1. The van der Waals surface area contributed by atoms with Crippen LogP contribution in [0.2, 0.25) is 0 Å². The quantitative estimate of drug-likeness (QED) is 0.635. The van der Waals surface area contributed by atoms with Gasteiger partial charge in [-0.3, -0.25) is 0 Å². The molecule has 1 aliphatic heterocycles. The number of hydrogen-bond donors (Lipinski definition) is 0. The van der Waals surface area contributed by atoms with Gasteiger partial charge in [-0.1, -0.05) is 32.9 Å². The van der Waals surface area contributed by atoms with Crippen LogP contribution in [0, 0.1) is 5.41 Å². The Morgan fingerprint density at radius 2 is 1.92 bits per heavy atom. The lowest BCUT2D eigenvalue weighted by molar-refractivity contribution is 0.371. The largest absolute Gasteiger partial charge is 0.436 e. The summed E-state index contributed by atoms with van der Waals surface area (Å²) in [5.74, 6) is 0.774. The molecule has 0 aliphatic carbocycles. The Hall–Kier alpha value is -1.77. The molecule has 0 spiro atoms. The molecule has 1 saturated heterocycles. The van der Waals surface area contributed by atoms with E-state index in [9.17, 15) is 0 Å². The molecule has 130 valence electrons. The van der Waals surface area contributed by atoms with E-state index in [-0.39, 0.29) is 5.54 Å². The van der Waals surface area contributed by atoms with Crippen LogP contribution in [-0.2, 0) is 6.42 Å². The summed E-state index contributed by atoms with van der Waals surface area (Å²) < 4.78 is 6.28. The second-order valence-corrected chi connectivity index (χ2v) is 8.69. The summed E-state index contributed by atoms with van der Waals surface area (Å²) in [5.41, 5.74) is 4.86. The Morgan fingerprint density at radius 1 is 1.21 bits per heavy atom. The van der Waals surface area contributed by atoms with Crippen molar-refractivity contribution < 1.29 is 4.42 Å². The Morgan fingerprint density at radius 3 is 2.46 bits per heavy atom. The number of benzene rings is 1. The van der Waals surface area contributed by atoms with Crippen molar-refractivity contribution >= 4 is 28.3 Å². The Bertz CT molecular complexity index is 792. The first-order chi connectivity index (χ1) is 11.1. The van der Waals surface area contributed by atoms with E-state index in [1.54, 1.807) is 0 Å². The standard InChI is InChI=1S/C21H30N2O/c1-8-15-16-10-9-11-17(18(16)24-19(15)22-14(2)3)23-13-20(4,5)12-21(23,6)7/h9-11H,8,12-13H2,1-7H3. The first kappa shape index (κ1) is 17.1. The van der Waals surface area contributed by atoms with Crippen molar-refractivity contribution in [2.75, 3.05) is 11.4 Å². The Kier molecular flexibility index (Phi) is 4.01. The number of fused-ring (bicyclic) bond motifs is 1. The van der Waals surface area contributed by atoms with Gasteiger partial charge in [-0.2, -0.15) is 0 Å². The lowest BCUT2D eigenvalue weighted by atomic mass is 9.86. The molecule has 24 heavy (non-hydrogen) atoms. The summed E-state index contributed by atoms with van der Waals surface area (Å²) in [5, 5.41) is 1.20. The van der Waals surface area contributed by atoms with Crippen LogP contribution < -0.4 is 4.90 Å². The molecule has 1 aromatic carbocycles. The highest BCUT2D eigenvalue weighted by Gasteiger charge is 2.43. The van der Waals surface area contributed by atoms with Crippen LogP contribution in [0.25, 0.3) is 11.0 Å². The van der Waals surface area contributed by atoms with Gasteiger partial charge in [0.2, 0.25) is 5.88 Å². The average Bonchev–Trinajstić information content (AvgIpc) is 2.90. The van der Waals surface area contributed by atoms with Gasteiger partial charge in [-0.15, -0.1) is 0 Å². The molecule has 2 aromatic rings. The highest BCUT2D eigenvalue weighted by molar-refractivity contribution is 5.96. The number of para-hydroxylation sites is 1. The van der Waals surface area contributed by atoms with E-state index in [4.69, 9.17) is 4.42 Å². The lowest BCUT2D eigenvalue weighted by Crippen LogP contribution is -2.38. The first-order valence-corrected chi connectivity index (χ1v) is 8.98. The van der Waals surface area contributed by atoms with Crippen LogP contribution in [0.3, 0.4) is 0 Å². The maximum atomic E-state index is 6.28. The van der Waals surface area contributed by atoms with Crippen molar-refractivity contribution in [2.24, 2.45) is 10.4 Å². The van der Waals surface area contributed by atoms with E-state index < -0.39 is 0 Å². The minimum Gasteiger partial charge on any atom is -0.436 e. The molecule has 2 heterocycles. The zero-order valence-corrected chi connectivity index (χ0v) is 16.2. The molecular formula is C21H30N2O. The normalized spacial score (nSPS) is 19.0. The van der Waals surface area contributed by atoms with Crippen LogP contribution in [0.5, 0.6) is 0 Å². The van der Waals surface area contributed by atoms with Crippen molar-refractivity contribution in [3.8, 4) is 0 Å². The molecule has 3 nitrogen and oxygen atoms in total. The van der Waals surface area contributed by atoms with Crippen molar-refractivity contribution in [1.82, 2.24) is 0 Å². The number of aryl methyl sites for hydroxylation is 1. The smallest absolute Gasteiger partial charge is 0.223 e. The molecule has 1 fully saturated rings. The molecule has 0 amide bonds. The van der Waals surface area contributed by atoms with Crippen molar-refractivity contribution in [1.29, 1.82) is 0 Å². The minimum atomic E-state index is 0.126. The highest BCUT2D eigenvalue weighted by atomic mass is 16.3. The van der Waals surface area contributed by atoms with Gasteiger partial charge in [-0.05, 0) is 52.0 Å². The van der Waals surface area contributed by atoms with E-state index in [1.807, 2.05) is 13.8 Å². The van der Waals surface area contributed by atoms with Crippen LogP contribution in [-0.4, -0.2) is 17.8 Å². The molecule has 3 rings (SSSR count). The molecular weight excluding hydrogens is 296 g/mol. The number of nitrogens with zero attached hydrogens (tertiary/aromatic N) is 2. The van der Waals surface area contributed by atoms with Crippen molar-refractivity contribution in [3.63, 3.8) is 0 Å². The van der Waals surface area contributed by atoms with E-state index in [1.165, 1.54) is 23.1 Å². The number of aliphatic imine (C=N–C) groups is 1. The second kappa shape index (κ2) is 5.65. The molecule has 1 aliphatic rings. The van der Waals surface area contributed by atoms with E-state index in [0.29, 0.717) is 5.41 Å². The van der Waals surface area contributed by atoms with E-state index in [2.05, 4.69) is 62.7 Å². The molecule has 0 N–H and O–H groups in total. The summed E-state index contributed by atoms with van der Waals surface area (Å²) in [4.78, 5) is 7.15. The molecule has 0 radical (unpaired) electrons. The van der Waals surface area contributed by atoms with Crippen LogP contribution in [0.4, 0.5) is 11.6 Å². The first-order valence-electron chi connectivity index (χ1n) is 8.98. The molecule has 3 heteroatoms. The van der Waals surface area contributed by atoms with Gasteiger partial charge >= 0.3 is 0 Å². The number of anilines is 1. The van der Waals surface area contributed by atoms with Gasteiger partial charge in [0.25, 0.3) is 0 Å². The maximum Gasteiger partial charge on any atom is 0.223 e. The Balaban J connectivity index is 2.20. The van der Waals surface area contributed by atoms with Crippen molar-refractivity contribution in [3.05, 3.63) is 23.8 Å². The summed E-state index contributed by atoms with van der Waals surface area (Å²) in [6, 6.07) is 6.51. The SMILES string of the molecule is CCc1c(N=C(C)C)oc2c(N3CC(C)(C)CC3(C)C)cccc12. The minimum absolute atomic E-state index is 0.126. The lowest BCUT2D eigenvalue weighted by Gasteiger charge is -2.33. The molecule has 0 unspecified atom stereocenters. The summed E-state index contributed by atoms with van der Waals surface area (Å²) >= 11 is 0. The predicted octanol–water partition coefficient (Wildman–Crippen LogP) is 6.12. The van der Waals surface area contributed by atoms with Gasteiger partial charge < -0.3 is 9.32 Å². The van der Waals surface area contributed by atoms with Gasteiger partial charge in [0.15, 0.2) is 5.58 Å². The van der Waals surface area contributed by atoms with Crippen LogP contribution in [0.15, 0.2) is 27.6 Å². The maximum absolute atomic E-state index is 6.28. The topological polar surface area (TPSA) is 28.7 Å². The second-order valence-electron chi connectivity index (χ2n) is 8.69. The summed E-state index contributed by atoms with van der Waals surface area (Å²) in [7, 11) is 0. The van der Waals surface area contributed by atoms with Crippen molar-refractivity contribution in [2.45, 2.75) is 66.8 Å². The van der Waals surface area contributed by atoms with E-state index in [0.717, 1.165) is 30.1 Å². The molecule has 0 atom stereocenters. The molecule has 1 aromatic heterocycles. The third-order valence-corrected chi connectivity index (χ3v) is 4.97. The highest BCUT2D eigenvalue weighted by Crippen LogP contribution is 2.47. The summed E-state index contributed by atoms with van der Waals surface area (Å²) in [6.45, 7) is 16.6. The number of rotatable bonds is 3. The zero-order chi connectivity index (χ0) is 17.7. The fourth-order valence-corrected chi connectivity index (χ4v) is 4.37. The van der Waals surface area contributed by atoms with Crippen LogP contribution >= 0.6 is 0 Å². The van der Waals surface area contributed by atoms with Gasteiger partial charge in [0, 0.05) is 28.7 Å².